The van der Waals surface area contributed by atoms with Crippen LogP contribution in [0.1, 0.15) is 31.2 Å². The highest BCUT2D eigenvalue weighted by atomic mass is 16.5. The lowest BCUT2D eigenvalue weighted by atomic mass is 10.0. The Kier molecular flexibility index (Phi) is 6.97. The van der Waals surface area contributed by atoms with Crippen molar-refractivity contribution >= 4 is 11.6 Å². The molecule has 0 bridgehead atoms. The van der Waals surface area contributed by atoms with Crippen molar-refractivity contribution in [2.24, 2.45) is 0 Å². The summed E-state index contributed by atoms with van der Waals surface area (Å²) in [7, 11) is 1.67. The van der Waals surface area contributed by atoms with E-state index in [1.807, 2.05) is 29.2 Å². The normalized spacial score (nSPS) is 19.5. The third-order valence-corrected chi connectivity index (χ3v) is 6.36. The first-order valence-electron chi connectivity index (χ1n) is 11.2. The first-order chi connectivity index (χ1) is 15.2. The highest BCUT2D eigenvalue weighted by Crippen LogP contribution is 2.35. The van der Waals surface area contributed by atoms with Crippen LogP contribution in [-0.4, -0.2) is 61.4 Å². The summed E-state index contributed by atoms with van der Waals surface area (Å²) in [5, 5.41) is 9.45. The number of hydrogen-bond donors (Lipinski definition) is 1. The molecule has 2 aromatic rings. The van der Waals surface area contributed by atoms with Gasteiger partial charge in [0.25, 0.3) is 0 Å². The van der Waals surface area contributed by atoms with Crippen LogP contribution in [0.5, 0.6) is 11.5 Å². The summed E-state index contributed by atoms with van der Waals surface area (Å²) in [5.74, 6) is 1.34. The van der Waals surface area contributed by atoms with Crippen LogP contribution in [0, 0.1) is 0 Å². The molecule has 1 amide bonds. The summed E-state index contributed by atoms with van der Waals surface area (Å²) < 4.78 is 11.8. The van der Waals surface area contributed by atoms with Gasteiger partial charge in [-0.3, -0.25) is 4.79 Å². The maximum atomic E-state index is 12.4. The third-order valence-electron chi connectivity index (χ3n) is 6.36. The van der Waals surface area contributed by atoms with Gasteiger partial charge in [0.2, 0.25) is 5.91 Å². The summed E-state index contributed by atoms with van der Waals surface area (Å²) in [6.07, 6.45) is 5.63. The van der Waals surface area contributed by atoms with Crippen LogP contribution in [0.2, 0.25) is 0 Å². The van der Waals surface area contributed by atoms with Gasteiger partial charge in [-0.2, -0.15) is 0 Å². The fraction of sp³-hybridized carbons (Fsp3) is 0.480. The minimum Gasteiger partial charge on any atom is -0.493 e. The number of hydrogen-bond acceptors (Lipinski definition) is 5. The standard InChI is InChI=1S/C25H32N2O4/c1-30-23-12-11-20(16-24(23)31-22-9-5-6-10-22)26-13-14-27(25(29)18-28)21(17-26)15-19-7-3-2-4-8-19/h2-4,7-8,11-12,16,21-22,28H,5-6,9-10,13-15,17-18H2,1H3. The molecule has 0 spiro atoms. The Morgan fingerprint density at radius 2 is 1.84 bits per heavy atom. The van der Waals surface area contributed by atoms with Gasteiger partial charge in [0, 0.05) is 31.4 Å². The van der Waals surface area contributed by atoms with Crippen LogP contribution < -0.4 is 14.4 Å². The lowest BCUT2D eigenvalue weighted by Crippen LogP contribution is -2.56. The van der Waals surface area contributed by atoms with Crippen molar-refractivity contribution < 1.29 is 19.4 Å². The number of carbonyl (C=O) groups is 1. The molecule has 1 saturated carbocycles. The molecule has 2 aliphatic rings. The maximum Gasteiger partial charge on any atom is 0.248 e. The van der Waals surface area contributed by atoms with Crippen molar-refractivity contribution in [3.63, 3.8) is 0 Å². The quantitative estimate of drug-likeness (QED) is 0.739. The fourth-order valence-corrected chi connectivity index (χ4v) is 4.71. The molecule has 1 unspecified atom stereocenters. The molecule has 4 rings (SSSR count). The number of aliphatic hydroxyl groups excluding tert-OH is 1. The van der Waals surface area contributed by atoms with Crippen molar-refractivity contribution in [1.29, 1.82) is 0 Å². The molecule has 1 N–H and O–H groups in total. The fourth-order valence-electron chi connectivity index (χ4n) is 4.71. The van der Waals surface area contributed by atoms with Gasteiger partial charge >= 0.3 is 0 Å². The van der Waals surface area contributed by atoms with Gasteiger partial charge < -0.3 is 24.4 Å². The summed E-state index contributed by atoms with van der Waals surface area (Å²) in [6.45, 7) is 1.55. The third kappa shape index (κ3) is 5.13. The van der Waals surface area contributed by atoms with Gasteiger partial charge in [0.15, 0.2) is 11.5 Å². The first kappa shape index (κ1) is 21.5. The zero-order valence-electron chi connectivity index (χ0n) is 18.2. The van der Waals surface area contributed by atoms with Crippen LogP contribution >= 0.6 is 0 Å². The predicted molar refractivity (Wildman–Crippen MR) is 121 cm³/mol. The highest BCUT2D eigenvalue weighted by molar-refractivity contribution is 5.78. The molecule has 1 heterocycles. The molecule has 0 radical (unpaired) electrons. The van der Waals surface area contributed by atoms with E-state index in [0.717, 1.165) is 36.4 Å². The first-order valence-corrected chi connectivity index (χ1v) is 11.2. The SMILES string of the molecule is COc1ccc(N2CCN(C(=O)CO)C(Cc3ccccc3)C2)cc1OC1CCCC1. The number of anilines is 1. The predicted octanol–water partition coefficient (Wildman–Crippen LogP) is 3.27. The molecule has 1 aliphatic heterocycles. The van der Waals surface area contributed by atoms with Crippen molar-refractivity contribution in [2.45, 2.75) is 44.2 Å². The van der Waals surface area contributed by atoms with Crippen LogP contribution in [-0.2, 0) is 11.2 Å². The van der Waals surface area contributed by atoms with Crippen LogP contribution in [0.3, 0.4) is 0 Å². The number of amides is 1. The number of rotatable bonds is 7. The topological polar surface area (TPSA) is 62.2 Å². The van der Waals surface area contributed by atoms with Crippen molar-refractivity contribution in [3.8, 4) is 11.5 Å². The van der Waals surface area contributed by atoms with E-state index in [2.05, 4.69) is 29.2 Å². The zero-order chi connectivity index (χ0) is 21.6. The molecule has 1 aliphatic carbocycles. The van der Waals surface area contributed by atoms with E-state index in [1.165, 1.54) is 18.4 Å². The molecule has 2 aromatic carbocycles. The highest BCUT2D eigenvalue weighted by Gasteiger charge is 2.31. The van der Waals surface area contributed by atoms with E-state index in [9.17, 15) is 9.90 Å². The van der Waals surface area contributed by atoms with Gasteiger partial charge in [-0.05, 0) is 49.8 Å². The number of piperazine rings is 1. The van der Waals surface area contributed by atoms with Crippen LogP contribution in [0.25, 0.3) is 0 Å². The zero-order valence-corrected chi connectivity index (χ0v) is 18.2. The molecule has 2 fully saturated rings. The number of benzene rings is 2. The number of aliphatic hydroxyl groups is 1. The minimum atomic E-state index is -0.451. The second-order valence-electron chi connectivity index (χ2n) is 8.39. The Labute approximate surface area is 184 Å². The van der Waals surface area contributed by atoms with Gasteiger partial charge in [-0.1, -0.05) is 30.3 Å². The van der Waals surface area contributed by atoms with Crippen LogP contribution in [0.4, 0.5) is 5.69 Å². The molecule has 166 valence electrons. The molecule has 6 heteroatoms. The Hall–Kier alpha value is -2.73. The summed E-state index contributed by atoms with van der Waals surface area (Å²) in [5.41, 5.74) is 2.26. The lowest BCUT2D eigenvalue weighted by molar-refractivity contribution is -0.136. The molecule has 6 nitrogen and oxygen atoms in total. The second kappa shape index (κ2) is 10.1. The Balaban J connectivity index is 1.54. The molecule has 0 aromatic heterocycles. The second-order valence-corrected chi connectivity index (χ2v) is 8.39. The average molecular weight is 425 g/mol. The van der Waals surface area contributed by atoms with Crippen LogP contribution in [0.15, 0.2) is 48.5 Å². The monoisotopic (exact) mass is 424 g/mol. The largest absolute Gasteiger partial charge is 0.493 e. The Morgan fingerprint density at radius 3 is 2.55 bits per heavy atom. The van der Waals surface area contributed by atoms with E-state index >= 15 is 0 Å². The number of ether oxygens (including phenoxy) is 2. The van der Waals surface area contributed by atoms with E-state index in [-0.39, 0.29) is 18.1 Å². The molecule has 1 saturated heterocycles. The van der Waals surface area contributed by atoms with Gasteiger partial charge in [0.1, 0.15) is 6.61 Å². The van der Waals surface area contributed by atoms with Gasteiger partial charge in [-0.15, -0.1) is 0 Å². The maximum absolute atomic E-state index is 12.4. The minimum absolute atomic E-state index is 0.00268. The van der Waals surface area contributed by atoms with Gasteiger partial charge in [0.05, 0.1) is 19.3 Å². The lowest BCUT2D eigenvalue weighted by Gasteiger charge is -2.42. The van der Waals surface area contributed by atoms with Gasteiger partial charge in [-0.25, -0.2) is 0 Å². The van der Waals surface area contributed by atoms with Crippen molar-refractivity contribution in [1.82, 2.24) is 4.90 Å². The number of methoxy groups -OCH3 is 1. The van der Waals surface area contributed by atoms with Crippen molar-refractivity contribution in [2.75, 3.05) is 38.3 Å². The number of carbonyl (C=O) groups excluding carboxylic acids is 1. The van der Waals surface area contributed by atoms with E-state index < -0.39 is 6.61 Å². The Morgan fingerprint density at radius 1 is 1.06 bits per heavy atom. The van der Waals surface area contributed by atoms with E-state index in [1.54, 1.807) is 7.11 Å². The molecular formula is C25H32N2O4. The smallest absolute Gasteiger partial charge is 0.248 e. The summed E-state index contributed by atoms with van der Waals surface area (Å²) in [4.78, 5) is 16.5. The average Bonchev–Trinajstić information content (AvgIpc) is 3.32. The van der Waals surface area contributed by atoms with E-state index in [4.69, 9.17) is 9.47 Å². The summed E-state index contributed by atoms with van der Waals surface area (Å²) >= 11 is 0. The van der Waals surface area contributed by atoms with E-state index in [0.29, 0.717) is 19.6 Å². The summed E-state index contributed by atoms with van der Waals surface area (Å²) in [6, 6.07) is 16.3. The Bertz CT molecular complexity index is 867. The molecular weight excluding hydrogens is 392 g/mol. The molecule has 31 heavy (non-hydrogen) atoms. The van der Waals surface area contributed by atoms with Crippen molar-refractivity contribution in [3.05, 3.63) is 54.1 Å². The molecule has 1 atom stereocenters. The number of nitrogens with zero attached hydrogens (tertiary/aromatic N) is 2.